The fourth-order valence-corrected chi connectivity index (χ4v) is 3.22. The smallest absolute Gasteiger partial charge is 0.256 e. The van der Waals surface area contributed by atoms with Gasteiger partial charge in [-0.25, -0.2) is 14.1 Å². The van der Waals surface area contributed by atoms with Crippen LogP contribution in [0.1, 0.15) is 16.1 Å². The zero-order chi connectivity index (χ0) is 20.4. The minimum atomic E-state index is -0.395. The molecule has 0 spiro atoms. The molecule has 7 heteroatoms. The number of amides is 1. The summed E-state index contributed by atoms with van der Waals surface area (Å²) in [5.41, 5.74) is 3.02. The fraction of sp³-hybridized carbons (Fsp3) is 0.0455. The number of anilines is 1. The molecule has 0 aliphatic heterocycles. The third kappa shape index (κ3) is 4.17. The van der Waals surface area contributed by atoms with Crippen LogP contribution in [0.5, 0.6) is 0 Å². The molecular formula is C22H16ClFN4O. The summed E-state index contributed by atoms with van der Waals surface area (Å²) in [5, 5.41) is 7.65. The van der Waals surface area contributed by atoms with E-state index in [1.165, 1.54) is 22.9 Å². The van der Waals surface area contributed by atoms with Crippen molar-refractivity contribution in [2.75, 3.05) is 5.32 Å². The van der Waals surface area contributed by atoms with Gasteiger partial charge >= 0.3 is 0 Å². The Hall–Kier alpha value is -3.51. The zero-order valence-corrected chi connectivity index (χ0v) is 16.2. The number of hydrogen-bond donors (Lipinski definition) is 1. The molecule has 0 radical (unpaired) electrons. The number of nitrogens with zero attached hydrogens (tertiary/aromatic N) is 3. The van der Waals surface area contributed by atoms with E-state index in [4.69, 9.17) is 11.6 Å². The predicted molar refractivity (Wildman–Crippen MR) is 111 cm³/mol. The van der Waals surface area contributed by atoms with Crippen LogP contribution in [0.15, 0.2) is 72.8 Å². The van der Waals surface area contributed by atoms with Gasteiger partial charge in [-0.3, -0.25) is 4.79 Å². The molecule has 0 unspecified atom stereocenters. The van der Waals surface area contributed by atoms with Gasteiger partial charge < -0.3 is 5.32 Å². The lowest BCUT2D eigenvalue weighted by atomic mass is 10.1. The Morgan fingerprint density at radius 1 is 1.03 bits per heavy atom. The van der Waals surface area contributed by atoms with Gasteiger partial charge in [-0.1, -0.05) is 48.0 Å². The maximum absolute atomic E-state index is 13.8. The molecule has 0 atom stereocenters. The molecule has 2 aromatic heterocycles. The van der Waals surface area contributed by atoms with E-state index >= 15 is 0 Å². The van der Waals surface area contributed by atoms with Crippen molar-refractivity contribution in [2.45, 2.75) is 6.92 Å². The third-order valence-electron chi connectivity index (χ3n) is 4.26. The van der Waals surface area contributed by atoms with E-state index in [9.17, 15) is 9.18 Å². The second-order valence-corrected chi connectivity index (χ2v) is 6.83. The minimum absolute atomic E-state index is 0.235. The van der Waals surface area contributed by atoms with E-state index in [0.29, 0.717) is 28.5 Å². The van der Waals surface area contributed by atoms with Crippen molar-refractivity contribution in [3.05, 3.63) is 95.0 Å². The number of nitrogens with one attached hydrogen (secondary N) is 1. The molecule has 0 fully saturated rings. The van der Waals surface area contributed by atoms with E-state index in [0.717, 1.165) is 5.56 Å². The number of hydrogen-bond acceptors (Lipinski definition) is 3. The molecule has 0 saturated carbocycles. The average Bonchev–Trinajstić information content (AvgIpc) is 3.12. The fourth-order valence-electron chi connectivity index (χ4n) is 2.97. The first kappa shape index (κ1) is 18.8. The molecule has 4 aromatic rings. The summed E-state index contributed by atoms with van der Waals surface area (Å²) in [6.07, 6.45) is 0. The van der Waals surface area contributed by atoms with Gasteiger partial charge in [0.25, 0.3) is 5.91 Å². The Morgan fingerprint density at radius 2 is 1.83 bits per heavy atom. The molecule has 0 aliphatic rings. The second-order valence-electron chi connectivity index (χ2n) is 6.45. The van der Waals surface area contributed by atoms with Gasteiger partial charge in [-0.15, -0.1) is 0 Å². The van der Waals surface area contributed by atoms with Crippen LogP contribution in [0.3, 0.4) is 0 Å². The molecular weight excluding hydrogens is 391 g/mol. The van der Waals surface area contributed by atoms with E-state index in [1.54, 1.807) is 31.2 Å². The van der Waals surface area contributed by atoms with Gasteiger partial charge in [0.1, 0.15) is 16.8 Å². The summed E-state index contributed by atoms with van der Waals surface area (Å²) in [6.45, 7) is 1.76. The topological polar surface area (TPSA) is 59.8 Å². The first-order valence-corrected chi connectivity index (χ1v) is 9.24. The van der Waals surface area contributed by atoms with Crippen LogP contribution in [0, 0.1) is 12.7 Å². The number of aromatic nitrogens is 3. The SMILES string of the molecule is Cc1cc(C(=O)Nc2cc(-c3ccccc3)nn2-c2cccc(F)c2)cc(Cl)n1. The standard InChI is InChI=1S/C22H16ClFN4O/c1-14-10-16(11-20(23)25-14)22(29)26-21-13-19(15-6-3-2-4-7-15)27-28(21)18-9-5-8-17(24)12-18/h2-13H,1H3,(H,26,29). The van der Waals surface area contributed by atoms with E-state index < -0.39 is 5.82 Å². The molecule has 0 saturated heterocycles. The first-order valence-electron chi connectivity index (χ1n) is 8.86. The highest BCUT2D eigenvalue weighted by molar-refractivity contribution is 6.29. The monoisotopic (exact) mass is 406 g/mol. The number of pyridine rings is 1. The molecule has 5 nitrogen and oxygen atoms in total. The lowest BCUT2D eigenvalue weighted by molar-refractivity contribution is 0.102. The Morgan fingerprint density at radius 3 is 2.55 bits per heavy atom. The van der Waals surface area contributed by atoms with Crippen molar-refractivity contribution in [1.82, 2.24) is 14.8 Å². The van der Waals surface area contributed by atoms with Crippen LogP contribution in [-0.4, -0.2) is 20.7 Å². The molecule has 29 heavy (non-hydrogen) atoms. The Bertz CT molecular complexity index is 1170. The predicted octanol–water partition coefficient (Wildman–Crippen LogP) is 5.29. The number of carbonyl (C=O) groups excluding carboxylic acids is 1. The third-order valence-corrected chi connectivity index (χ3v) is 4.45. The summed E-state index contributed by atoms with van der Waals surface area (Å²) >= 11 is 5.98. The van der Waals surface area contributed by atoms with Crippen molar-refractivity contribution in [2.24, 2.45) is 0 Å². The lowest BCUT2D eigenvalue weighted by Gasteiger charge is -2.09. The summed E-state index contributed by atoms with van der Waals surface area (Å²) < 4.78 is 15.3. The molecule has 144 valence electrons. The normalized spacial score (nSPS) is 10.7. The molecule has 0 bridgehead atoms. The molecule has 0 aliphatic carbocycles. The van der Waals surface area contributed by atoms with Crippen molar-refractivity contribution in [3.8, 4) is 16.9 Å². The molecule has 2 aromatic carbocycles. The van der Waals surface area contributed by atoms with Gasteiger partial charge in [0.15, 0.2) is 0 Å². The maximum atomic E-state index is 13.8. The molecule has 1 amide bonds. The number of halogens is 2. The lowest BCUT2D eigenvalue weighted by Crippen LogP contribution is -2.15. The molecule has 4 rings (SSSR count). The maximum Gasteiger partial charge on any atom is 0.256 e. The number of rotatable bonds is 4. The van der Waals surface area contributed by atoms with Crippen molar-refractivity contribution >= 4 is 23.3 Å². The second kappa shape index (κ2) is 7.85. The summed E-state index contributed by atoms with van der Waals surface area (Å²) in [4.78, 5) is 16.9. The van der Waals surface area contributed by atoms with Gasteiger partial charge in [0, 0.05) is 22.9 Å². The number of carbonyl (C=O) groups is 1. The Labute approximate surface area is 171 Å². The van der Waals surface area contributed by atoms with Crippen LogP contribution < -0.4 is 5.32 Å². The van der Waals surface area contributed by atoms with E-state index in [2.05, 4.69) is 15.4 Å². The van der Waals surface area contributed by atoms with Gasteiger partial charge in [0.2, 0.25) is 0 Å². The highest BCUT2D eigenvalue weighted by Crippen LogP contribution is 2.25. The van der Waals surface area contributed by atoms with Crippen molar-refractivity contribution in [1.29, 1.82) is 0 Å². The van der Waals surface area contributed by atoms with Crippen molar-refractivity contribution in [3.63, 3.8) is 0 Å². The van der Waals surface area contributed by atoms with Gasteiger partial charge in [-0.05, 0) is 37.3 Å². The summed E-state index contributed by atoms with van der Waals surface area (Å²) in [6, 6.07) is 20.4. The molecule has 2 heterocycles. The van der Waals surface area contributed by atoms with Crippen molar-refractivity contribution < 1.29 is 9.18 Å². The zero-order valence-electron chi connectivity index (χ0n) is 15.4. The summed E-state index contributed by atoms with van der Waals surface area (Å²) in [5.74, 6) is -0.354. The largest absolute Gasteiger partial charge is 0.306 e. The number of aryl methyl sites for hydroxylation is 1. The van der Waals surface area contributed by atoms with Crippen LogP contribution in [0.2, 0.25) is 5.15 Å². The van der Waals surface area contributed by atoms with Gasteiger partial charge in [0.05, 0.1) is 11.4 Å². The highest BCUT2D eigenvalue weighted by atomic mass is 35.5. The van der Waals surface area contributed by atoms with Crippen LogP contribution in [-0.2, 0) is 0 Å². The van der Waals surface area contributed by atoms with Crippen LogP contribution in [0.4, 0.5) is 10.2 Å². The Balaban J connectivity index is 1.76. The first-order chi connectivity index (χ1) is 14.0. The summed E-state index contributed by atoms with van der Waals surface area (Å²) in [7, 11) is 0. The quantitative estimate of drug-likeness (QED) is 0.468. The van der Waals surface area contributed by atoms with E-state index in [-0.39, 0.29) is 11.1 Å². The average molecular weight is 407 g/mol. The minimum Gasteiger partial charge on any atom is -0.306 e. The Kier molecular flexibility index (Phi) is 5.10. The highest BCUT2D eigenvalue weighted by Gasteiger charge is 2.16. The van der Waals surface area contributed by atoms with Gasteiger partial charge in [-0.2, -0.15) is 5.10 Å². The number of benzene rings is 2. The van der Waals surface area contributed by atoms with E-state index in [1.807, 2.05) is 30.3 Å². The molecule has 1 N–H and O–H groups in total. The van der Waals surface area contributed by atoms with Crippen LogP contribution >= 0.6 is 11.6 Å². The van der Waals surface area contributed by atoms with Crippen LogP contribution in [0.25, 0.3) is 16.9 Å².